The van der Waals surface area contributed by atoms with Crippen LogP contribution in [0.4, 0.5) is 0 Å². The minimum absolute atomic E-state index is 0.00997. The van der Waals surface area contributed by atoms with Gasteiger partial charge in [0.05, 0.1) is 18.6 Å². The van der Waals surface area contributed by atoms with Gasteiger partial charge in [-0.1, -0.05) is 13.0 Å². The number of fused-ring (bicyclic) bond motifs is 1. The maximum absolute atomic E-state index is 11.7. The average Bonchev–Trinajstić information content (AvgIpc) is 2.65. The van der Waals surface area contributed by atoms with Crippen molar-refractivity contribution in [3.63, 3.8) is 0 Å². The summed E-state index contributed by atoms with van der Waals surface area (Å²) < 4.78 is 5.39. The molecule has 0 amide bonds. The van der Waals surface area contributed by atoms with E-state index in [4.69, 9.17) is 4.74 Å². The molecule has 0 unspecified atom stereocenters. The maximum atomic E-state index is 11.7. The molecule has 0 saturated carbocycles. The Labute approximate surface area is 113 Å². The average molecular weight is 266 g/mol. The summed E-state index contributed by atoms with van der Waals surface area (Å²) in [5.41, 5.74) is 1.76. The maximum Gasteiger partial charge on any atom is 0.309 e. The zero-order chi connectivity index (χ0) is 14.0. The molecular weight excluding hydrogens is 244 g/mol. The first-order valence-corrected chi connectivity index (χ1v) is 6.88. The Hall–Kier alpha value is -1.13. The van der Waals surface area contributed by atoms with E-state index in [0.717, 1.165) is 24.0 Å². The Morgan fingerprint density at radius 3 is 2.89 bits per heavy atom. The minimum atomic E-state index is -0.574. The largest absolute Gasteiger partial charge is 0.458 e. The Balaban J connectivity index is 2.26. The standard InChI is InChI=1S/C15H22O4/c1-9-7-14-12(10(2)15(18)19-14)5-3-11(8-16)4-6-13(9)17/h4,7,10,12-14,16-17H,3,5-6,8H2,1-2H3/b9-7+,11-4-/t10-,12+,13+,14-/m1/s1. The van der Waals surface area contributed by atoms with Gasteiger partial charge >= 0.3 is 5.97 Å². The SMILES string of the molecule is C/C1=C\[C@H]2OC(=O)[C@H](C)[C@@H]2CC/C(CO)=C/C[C@@H]1O. The Morgan fingerprint density at radius 2 is 2.21 bits per heavy atom. The lowest BCUT2D eigenvalue weighted by atomic mass is 9.84. The first kappa shape index (κ1) is 14.3. The normalized spacial score (nSPS) is 41.6. The van der Waals surface area contributed by atoms with Crippen molar-refractivity contribution in [3.05, 3.63) is 23.3 Å². The summed E-state index contributed by atoms with van der Waals surface area (Å²) in [5.74, 6) is -0.157. The number of rotatable bonds is 1. The fourth-order valence-electron chi connectivity index (χ4n) is 2.79. The summed E-state index contributed by atoms with van der Waals surface area (Å²) in [6, 6.07) is 0. The van der Waals surface area contributed by atoms with Crippen LogP contribution in [0.1, 0.15) is 33.1 Å². The fourth-order valence-corrected chi connectivity index (χ4v) is 2.79. The third-order valence-electron chi connectivity index (χ3n) is 4.27. The van der Waals surface area contributed by atoms with Crippen LogP contribution < -0.4 is 0 Å². The molecule has 2 rings (SSSR count). The summed E-state index contributed by atoms with van der Waals surface area (Å²) in [6.45, 7) is 3.75. The molecule has 0 spiro atoms. The van der Waals surface area contributed by atoms with Gasteiger partial charge in [-0.3, -0.25) is 4.79 Å². The quantitative estimate of drug-likeness (QED) is 0.558. The van der Waals surface area contributed by atoms with E-state index in [2.05, 4.69) is 0 Å². The van der Waals surface area contributed by atoms with Crippen molar-refractivity contribution >= 4 is 5.97 Å². The number of aliphatic hydroxyl groups is 2. The smallest absolute Gasteiger partial charge is 0.309 e. The first-order chi connectivity index (χ1) is 9.02. The molecule has 1 fully saturated rings. The zero-order valence-electron chi connectivity index (χ0n) is 11.5. The highest BCUT2D eigenvalue weighted by atomic mass is 16.6. The van der Waals surface area contributed by atoms with Gasteiger partial charge in [-0.25, -0.2) is 0 Å². The van der Waals surface area contributed by atoms with Gasteiger partial charge in [0.2, 0.25) is 0 Å². The first-order valence-electron chi connectivity index (χ1n) is 6.88. The number of ether oxygens (including phenoxy) is 1. The molecule has 2 N–H and O–H groups in total. The van der Waals surface area contributed by atoms with Gasteiger partial charge in [0, 0.05) is 5.92 Å². The molecule has 4 nitrogen and oxygen atoms in total. The highest BCUT2D eigenvalue weighted by molar-refractivity contribution is 5.75. The van der Waals surface area contributed by atoms with Crippen LogP contribution >= 0.6 is 0 Å². The number of hydrogen-bond acceptors (Lipinski definition) is 4. The Kier molecular flexibility index (Phi) is 4.42. The third-order valence-corrected chi connectivity index (χ3v) is 4.27. The molecule has 106 valence electrons. The summed E-state index contributed by atoms with van der Waals surface area (Å²) in [7, 11) is 0. The summed E-state index contributed by atoms with van der Waals surface area (Å²) >= 11 is 0. The molecule has 2 aliphatic rings. The van der Waals surface area contributed by atoms with Crippen molar-refractivity contribution in [1.82, 2.24) is 0 Å². The highest BCUT2D eigenvalue weighted by Crippen LogP contribution is 2.35. The molecule has 4 atom stereocenters. The van der Waals surface area contributed by atoms with E-state index < -0.39 is 6.10 Å². The van der Waals surface area contributed by atoms with Crippen molar-refractivity contribution in [2.45, 2.75) is 45.3 Å². The molecule has 0 bridgehead atoms. The van der Waals surface area contributed by atoms with Crippen LogP contribution in [-0.4, -0.2) is 35.0 Å². The van der Waals surface area contributed by atoms with Gasteiger partial charge in [0.25, 0.3) is 0 Å². The number of carbonyl (C=O) groups excluding carboxylic acids is 1. The van der Waals surface area contributed by atoms with Crippen LogP contribution in [-0.2, 0) is 9.53 Å². The number of esters is 1. The van der Waals surface area contributed by atoms with Gasteiger partial charge in [-0.15, -0.1) is 0 Å². The Morgan fingerprint density at radius 1 is 1.47 bits per heavy atom. The summed E-state index contributed by atoms with van der Waals surface area (Å²) in [5, 5.41) is 19.3. The van der Waals surface area contributed by atoms with E-state index in [-0.39, 0.29) is 30.5 Å². The van der Waals surface area contributed by atoms with Crippen molar-refractivity contribution in [3.8, 4) is 0 Å². The topological polar surface area (TPSA) is 66.8 Å². The van der Waals surface area contributed by atoms with E-state index in [0.29, 0.717) is 6.42 Å². The van der Waals surface area contributed by atoms with E-state index in [9.17, 15) is 15.0 Å². The van der Waals surface area contributed by atoms with Crippen LogP contribution in [0.15, 0.2) is 23.3 Å². The molecule has 0 radical (unpaired) electrons. The van der Waals surface area contributed by atoms with Crippen LogP contribution in [0.25, 0.3) is 0 Å². The van der Waals surface area contributed by atoms with E-state index in [1.54, 1.807) is 0 Å². The lowest BCUT2D eigenvalue weighted by Gasteiger charge is -2.21. The van der Waals surface area contributed by atoms with Crippen molar-refractivity contribution in [2.24, 2.45) is 11.8 Å². The molecule has 0 aromatic rings. The molecular formula is C15H22O4. The lowest BCUT2D eigenvalue weighted by Crippen LogP contribution is -2.21. The van der Waals surface area contributed by atoms with Crippen LogP contribution in [0.3, 0.4) is 0 Å². The van der Waals surface area contributed by atoms with Crippen molar-refractivity contribution in [1.29, 1.82) is 0 Å². The fraction of sp³-hybridized carbons (Fsp3) is 0.667. The second-order valence-electron chi connectivity index (χ2n) is 5.58. The van der Waals surface area contributed by atoms with E-state index >= 15 is 0 Å². The van der Waals surface area contributed by atoms with E-state index in [1.807, 2.05) is 26.0 Å². The molecule has 1 saturated heterocycles. The minimum Gasteiger partial charge on any atom is -0.458 e. The molecule has 1 aliphatic carbocycles. The summed E-state index contributed by atoms with van der Waals surface area (Å²) in [4.78, 5) is 11.7. The molecule has 1 aliphatic heterocycles. The van der Waals surface area contributed by atoms with Crippen molar-refractivity contribution < 1.29 is 19.7 Å². The molecule has 4 heteroatoms. The predicted molar refractivity (Wildman–Crippen MR) is 71.3 cm³/mol. The number of hydrogen-bond donors (Lipinski definition) is 2. The monoisotopic (exact) mass is 266 g/mol. The Bertz CT molecular complexity index is 410. The van der Waals surface area contributed by atoms with E-state index in [1.165, 1.54) is 0 Å². The third kappa shape index (κ3) is 3.07. The number of carbonyl (C=O) groups is 1. The van der Waals surface area contributed by atoms with Crippen molar-refractivity contribution in [2.75, 3.05) is 6.61 Å². The van der Waals surface area contributed by atoms with Gasteiger partial charge in [-0.2, -0.15) is 0 Å². The van der Waals surface area contributed by atoms with Gasteiger partial charge in [0.15, 0.2) is 0 Å². The van der Waals surface area contributed by atoms with Crippen LogP contribution in [0.5, 0.6) is 0 Å². The van der Waals surface area contributed by atoms with Gasteiger partial charge in [0.1, 0.15) is 6.10 Å². The van der Waals surface area contributed by atoms with Crippen LogP contribution in [0.2, 0.25) is 0 Å². The summed E-state index contributed by atoms with van der Waals surface area (Å²) in [6.07, 6.45) is 5.05. The molecule has 0 aromatic carbocycles. The molecule has 0 aromatic heterocycles. The number of aliphatic hydroxyl groups excluding tert-OH is 2. The second-order valence-corrected chi connectivity index (χ2v) is 5.58. The van der Waals surface area contributed by atoms with Gasteiger partial charge in [-0.05, 0) is 43.4 Å². The predicted octanol–water partition coefficient (Wildman–Crippen LogP) is 1.57. The van der Waals surface area contributed by atoms with Gasteiger partial charge < -0.3 is 14.9 Å². The molecule has 1 heterocycles. The van der Waals surface area contributed by atoms with Crippen LogP contribution in [0, 0.1) is 11.8 Å². The zero-order valence-corrected chi connectivity index (χ0v) is 11.5. The highest BCUT2D eigenvalue weighted by Gasteiger charge is 2.40. The molecule has 19 heavy (non-hydrogen) atoms. The second kappa shape index (κ2) is 5.88. The lowest BCUT2D eigenvalue weighted by molar-refractivity contribution is -0.142.